The van der Waals surface area contributed by atoms with Gasteiger partial charge in [-0.1, -0.05) is 5.92 Å². The molecule has 4 aromatic heterocycles. The van der Waals surface area contributed by atoms with Crippen LogP contribution in [-0.2, 0) is 0 Å². The molecule has 10 nitrogen and oxygen atoms in total. The van der Waals surface area contributed by atoms with Crippen LogP contribution < -0.4 is 14.4 Å². The SMILES string of the molecule is COc1ccc(C#CCN2C3CC2CN(c2ccc(-c4cc(OCC(C)(C)O)cn5ncc(C#N)c45)cn2)C3)nc1. The average Bonchev–Trinajstić information content (AvgIpc) is 3.41. The normalized spacial score (nSPS) is 18.3. The average molecular weight is 550 g/mol. The first-order chi connectivity index (χ1) is 19.8. The number of nitriles is 1. The molecule has 3 aliphatic rings. The van der Waals surface area contributed by atoms with Crippen LogP contribution in [0.25, 0.3) is 16.6 Å². The predicted octanol–water partition coefficient (Wildman–Crippen LogP) is 3.14. The second-order valence-electron chi connectivity index (χ2n) is 11.1. The smallest absolute Gasteiger partial charge is 0.138 e. The minimum absolute atomic E-state index is 0.125. The third-order valence-electron chi connectivity index (χ3n) is 7.48. The van der Waals surface area contributed by atoms with E-state index in [1.165, 1.54) is 6.42 Å². The summed E-state index contributed by atoms with van der Waals surface area (Å²) in [5.41, 5.74) is 2.58. The van der Waals surface area contributed by atoms with Gasteiger partial charge >= 0.3 is 0 Å². The number of aliphatic hydroxyl groups is 1. The molecule has 10 heteroatoms. The second-order valence-corrected chi connectivity index (χ2v) is 11.1. The highest BCUT2D eigenvalue weighted by Crippen LogP contribution is 2.35. The van der Waals surface area contributed by atoms with Crippen molar-refractivity contribution in [1.82, 2.24) is 24.5 Å². The first-order valence-electron chi connectivity index (χ1n) is 13.5. The third-order valence-corrected chi connectivity index (χ3v) is 7.48. The number of nitrogens with zero attached hydrogens (tertiary/aromatic N) is 7. The van der Waals surface area contributed by atoms with E-state index < -0.39 is 5.60 Å². The van der Waals surface area contributed by atoms with Crippen LogP contribution in [-0.4, -0.2) is 80.6 Å². The molecular weight excluding hydrogens is 518 g/mol. The van der Waals surface area contributed by atoms with Gasteiger partial charge in [0.2, 0.25) is 0 Å². The first-order valence-corrected chi connectivity index (χ1v) is 13.5. The van der Waals surface area contributed by atoms with E-state index in [2.05, 4.69) is 37.8 Å². The zero-order chi connectivity index (χ0) is 28.6. The Hall–Kier alpha value is -4.64. The highest BCUT2D eigenvalue weighted by Gasteiger charge is 2.44. The van der Waals surface area contributed by atoms with E-state index in [1.54, 1.807) is 44.1 Å². The lowest BCUT2D eigenvalue weighted by Gasteiger charge is -2.56. The topological polar surface area (TPSA) is 112 Å². The summed E-state index contributed by atoms with van der Waals surface area (Å²) in [5.74, 6) is 8.63. The van der Waals surface area contributed by atoms with E-state index in [0.717, 1.165) is 48.0 Å². The lowest BCUT2D eigenvalue weighted by molar-refractivity contribution is 0.0125. The molecule has 3 saturated heterocycles. The molecule has 41 heavy (non-hydrogen) atoms. The van der Waals surface area contributed by atoms with Crippen LogP contribution in [0.5, 0.6) is 11.5 Å². The van der Waals surface area contributed by atoms with Crippen molar-refractivity contribution < 1.29 is 14.6 Å². The van der Waals surface area contributed by atoms with E-state index in [-0.39, 0.29) is 6.61 Å². The molecule has 0 aromatic carbocycles. The van der Waals surface area contributed by atoms with Gasteiger partial charge in [-0.25, -0.2) is 14.5 Å². The van der Waals surface area contributed by atoms with Gasteiger partial charge in [0.1, 0.15) is 35.7 Å². The number of hydrogen-bond acceptors (Lipinski definition) is 9. The highest BCUT2D eigenvalue weighted by atomic mass is 16.5. The van der Waals surface area contributed by atoms with Crippen LogP contribution in [0.3, 0.4) is 0 Å². The summed E-state index contributed by atoms with van der Waals surface area (Å²) in [5, 5.41) is 24.1. The molecule has 0 saturated carbocycles. The van der Waals surface area contributed by atoms with E-state index in [9.17, 15) is 10.4 Å². The number of piperidine rings is 1. The molecule has 208 valence electrons. The van der Waals surface area contributed by atoms with Crippen molar-refractivity contribution in [3.63, 3.8) is 0 Å². The molecule has 3 fully saturated rings. The van der Waals surface area contributed by atoms with Gasteiger partial charge in [-0.05, 0) is 56.5 Å². The number of piperazine rings is 1. The maximum Gasteiger partial charge on any atom is 0.138 e. The standard InChI is InChI=1S/C31H31N7O3/c1-31(2,39)20-41-27-12-28(30-22(13-32)15-35-38(30)19-27)21-6-9-29(34-14-21)36-17-24-11-25(18-36)37(24)10-4-5-23-7-8-26(40-3)16-33-23/h6-9,12,14-16,19,24-25,39H,10-11,17-18,20H2,1-3H3. The summed E-state index contributed by atoms with van der Waals surface area (Å²) >= 11 is 0. The van der Waals surface area contributed by atoms with Gasteiger partial charge in [-0.2, -0.15) is 10.4 Å². The maximum atomic E-state index is 10.1. The van der Waals surface area contributed by atoms with Crippen molar-refractivity contribution in [3.8, 4) is 40.5 Å². The summed E-state index contributed by atoms with van der Waals surface area (Å²) in [6.07, 6.45) is 7.96. The van der Waals surface area contributed by atoms with Crippen LogP contribution in [0.15, 0.2) is 55.1 Å². The lowest BCUT2D eigenvalue weighted by Crippen LogP contribution is -2.68. The predicted molar refractivity (Wildman–Crippen MR) is 154 cm³/mol. The first kappa shape index (κ1) is 26.6. The zero-order valence-corrected chi connectivity index (χ0v) is 23.3. The molecule has 2 atom stereocenters. The number of methoxy groups -OCH3 is 1. The fourth-order valence-corrected chi connectivity index (χ4v) is 5.40. The van der Waals surface area contributed by atoms with E-state index in [4.69, 9.17) is 14.5 Å². The van der Waals surface area contributed by atoms with Gasteiger partial charge < -0.3 is 19.5 Å². The Morgan fingerprint density at radius 3 is 2.56 bits per heavy atom. The lowest BCUT2D eigenvalue weighted by atomic mass is 9.87. The molecule has 7 rings (SSSR count). The largest absolute Gasteiger partial charge is 0.495 e. The number of hydrogen-bond donors (Lipinski definition) is 1. The molecule has 4 aromatic rings. The minimum atomic E-state index is -0.981. The molecule has 7 heterocycles. The summed E-state index contributed by atoms with van der Waals surface area (Å²) in [6, 6.07) is 12.8. The Kier molecular flexibility index (Phi) is 6.96. The number of aromatic nitrogens is 4. The molecule has 0 aliphatic carbocycles. The number of rotatable bonds is 7. The van der Waals surface area contributed by atoms with E-state index in [0.29, 0.717) is 28.9 Å². The number of anilines is 1. The Bertz CT molecular complexity index is 1650. The van der Waals surface area contributed by atoms with Crippen molar-refractivity contribution >= 4 is 11.3 Å². The monoisotopic (exact) mass is 549 g/mol. The van der Waals surface area contributed by atoms with Crippen LogP contribution in [0.2, 0.25) is 0 Å². The quantitative estimate of drug-likeness (QED) is 0.348. The van der Waals surface area contributed by atoms with Crippen molar-refractivity contribution in [1.29, 1.82) is 5.26 Å². The number of pyridine rings is 3. The highest BCUT2D eigenvalue weighted by molar-refractivity contribution is 5.85. The van der Waals surface area contributed by atoms with E-state index in [1.807, 2.05) is 36.5 Å². The van der Waals surface area contributed by atoms with Crippen molar-refractivity contribution in [3.05, 3.63) is 66.4 Å². The zero-order valence-electron chi connectivity index (χ0n) is 23.3. The van der Waals surface area contributed by atoms with Crippen LogP contribution in [0.4, 0.5) is 5.82 Å². The van der Waals surface area contributed by atoms with Crippen LogP contribution >= 0.6 is 0 Å². The summed E-state index contributed by atoms with van der Waals surface area (Å²) in [4.78, 5) is 13.9. The van der Waals surface area contributed by atoms with Gasteiger partial charge in [-0.3, -0.25) is 4.90 Å². The maximum absolute atomic E-state index is 10.1. The number of ether oxygens (including phenoxy) is 2. The minimum Gasteiger partial charge on any atom is -0.495 e. The molecule has 0 radical (unpaired) electrons. The Morgan fingerprint density at radius 2 is 1.90 bits per heavy atom. The molecule has 1 N–H and O–H groups in total. The second kappa shape index (κ2) is 10.7. The van der Waals surface area contributed by atoms with Gasteiger partial charge in [0.15, 0.2) is 0 Å². The van der Waals surface area contributed by atoms with Crippen molar-refractivity contribution in [2.75, 3.05) is 38.3 Å². The fourth-order valence-electron chi connectivity index (χ4n) is 5.40. The molecule has 0 amide bonds. The molecule has 3 aliphatic heterocycles. The van der Waals surface area contributed by atoms with Gasteiger partial charge in [0, 0.05) is 42.5 Å². The Morgan fingerprint density at radius 1 is 1.07 bits per heavy atom. The molecule has 2 unspecified atom stereocenters. The molecule has 2 bridgehead atoms. The van der Waals surface area contributed by atoms with Gasteiger partial charge in [-0.15, -0.1) is 0 Å². The molecule has 0 spiro atoms. The van der Waals surface area contributed by atoms with Crippen molar-refractivity contribution in [2.24, 2.45) is 0 Å². The summed E-state index contributed by atoms with van der Waals surface area (Å²) < 4.78 is 12.6. The fraction of sp³-hybridized carbons (Fsp3) is 0.355. The summed E-state index contributed by atoms with van der Waals surface area (Å²) in [6.45, 7) is 6.02. The third kappa shape index (κ3) is 5.53. The summed E-state index contributed by atoms with van der Waals surface area (Å²) in [7, 11) is 1.62. The number of fused-ring (bicyclic) bond motifs is 3. The Balaban J connectivity index is 1.15. The van der Waals surface area contributed by atoms with Crippen LogP contribution in [0, 0.1) is 23.2 Å². The van der Waals surface area contributed by atoms with Gasteiger partial charge in [0.25, 0.3) is 0 Å². The van der Waals surface area contributed by atoms with Crippen molar-refractivity contribution in [2.45, 2.75) is 38.0 Å². The van der Waals surface area contributed by atoms with Crippen LogP contribution in [0.1, 0.15) is 31.5 Å². The molecular formula is C31H31N7O3. The van der Waals surface area contributed by atoms with Gasteiger partial charge in [0.05, 0.1) is 48.9 Å². The Labute approximate surface area is 238 Å². The van der Waals surface area contributed by atoms with E-state index >= 15 is 0 Å².